The number of carbonyl (C=O) groups is 2. The van der Waals surface area contributed by atoms with Gasteiger partial charge in [0.05, 0.1) is 7.11 Å². The molecule has 6 nitrogen and oxygen atoms in total. The van der Waals surface area contributed by atoms with Gasteiger partial charge in [-0.05, 0) is 53.9 Å². The molecule has 0 aromatic heterocycles. The molecule has 0 spiro atoms. The molecule has 0 atom stereocenters. The van der Waals surface area contributed by atoms with Crippen molar-refractivity contribution in [1.29, 1.82) is 0 Å². The fourth-order valence-electron chi connectivity index (χ4n) is 3.58. The number of ether oxygens (including phenoxy) is 1. The summed E-state index contributed by atoms with van der Waals surface area (Å²) in [5, 5.41) is 4.92. The van der Waals surface area contributed by atoms with Crippen LogP contribution in [-0.4, -0.2) is 42.9 Å². The van der Waals surface area contributed by atoms with Crippen LogP contribution in [0.1, 0.15) is 18.1 Å². The lowest BCUT2D eigenvalue weighted by Crippen LogP contribution is -2.36. The fraction of sp³-hybridized carbons (Fsp3) is 0.333. The van der Waals surface area contributed by atoms with Crippen molar-refractivity contribution < 1.29 is 18.7 Å². The van der Waals surface area contributed by atoms with Crippen LogP contribution in [0.25, 0.3) is 11.1 Å². The molecule has 1 heterocycles. The lowest BCUT2D eigenvalue weighted by molar-refractivity contribution is -0.117. The number of halogens is 2. The van der Waals surface area contributed by atoms with Crippen molar-refractivity contribution in [2.24, 2.45) is 0 Å². The molecule has 1 aliphatic heterocycles. The second-order valence-electron chi connectivity index (χ2n) is 6.72. The van der Waals surface area contributed by atoms with E-state index < -0.39 is 11.9 Å². The van der Waals surface area contributed by atoms with Gasteiger partial charge in [0.2, 0.25) is 5.91 Å². The molecule has 2 aromatic carbocycles. The highest BCUT2D eigenvalue weighted by molar-refractivity contribution is 6.28. The highest BCUT2D eigenvalue weighted by atomic mass is 35.5. The zero-order chi connectivity index (χ0) is 21.0. The predicted octanol–water partition coefficient (Wildman–Crippen LogP) is 3.77. The largest absolute Gasteiger partial charge is 0.496 e. The third kappa shape index (κ3) is 4.68. The van der Waals surface area contributed by atoms with E-state index in [4.69, 9.17) is 16.3 Å². The highest BCUT2D eigenvalue weighted by Gasteiger charge is 2.24. The SMILES string of the molecule is CCN1CCc2c(-c3cc(F)ccc3OC)ccc(NC(=O)NC(=O)CCl)c2C1. The van der Waals surface area contributed by atoms with E-state index >= 15 is 0 Å². The third-order valence-corrected chi connectivity index (χ3v) is 5.26. The van der Waals surface area contributed by atoms with Gasteiger partial charge in [-0.15, -0.1) is 11.6 Å². The Bertz CT molecular complexity index is 936. The average Bonchev–Trinajstić information content (AvgIpc) is 2.73. The van der Waals surface area contributed by atoms with Crippen LogP contribution in [0.15, 0.2) is 30.3 Å². The van der Waals surface area contributed by atoms with Crippen molar-refractivity contribution in [1.82, 2.24) is 10.2 Å². The normalized spacial score (nSPS) is 13.5. The number of urea groups is 1. The number of carbonyl (C=O) groups excluding carboxylic acids is 2. The number of hydrogen-bond acceptors (Lipinski definition) is 4. The molecule has 3 rings (SSSR count). The highest BCUT2D eigenvalue weighted by Crippen LogP contribution is 2.39. The Morgan fingerprint density at radius 1 is 1.21 bits per heavy atom. The summed E-state index contributed by atoms with van der Waals surface area (Å²) in [6.45, 7) is 4.43. The van der Waals surface area contributed by atoms with Crippen molar-refractivity contribution in [2.75, 3.05) is 31.4 Å². The standard InChI is InChI=1S/C21H23ClFN3O3/c1-3-26-9-8-15-14(16-10-13(23)4-7-19(16)29-2)5-6-18(17(15)12-26)24-21(28)25-20(27)11-22/h4-7,10H,3,8-9,11-12H2,1-2H3,(H2,24,25,27,28). The summed E-state index contributed by atoms with van der Waals surface area (Å²) in [7, 11) is 1.55. The van der Waals surface area contributed by atoms with E-state index in [-0.39, 0.29) is 11.7 Å². The molecule has 0 aliphatic carbocycles. The fourth-order valence-corrected chi connectivity index (χ4v) is 3.64. The quantitative estimate of drug-likeness (QED) is 0.724. The number of likely N-dealkylation sites (N-methyl/N-ethyl adjacent to an activating group) is 1. The predicted molar refractivity (Wildman–Crippen MR) is 111 cm³/mol. The van der Waals surface area contributed by atoms with Gasteiger partial charge < -0.3 is 10.1 Å². The van der Waals surface area contributed by atoms with E-state index in [2.05, 4.69) is 22.5 Å². The number of rotatable bonds is 5. The van der Waals surface area contributed by atoms with E-state index in [0.717, 1.165) is 36.2 Å². The molecule has 0 saturated heterocycles. The Hall–Kier alpha value is -2.64. The number of nitrogens with zero attached hydrogens (tertiary/aromatic N) is 1. The second kappa shape index (κ2) is 9.24. The van der Waals surface area contributed by atoms with Crippen molar-refractivity contribution in [3.8, 4) is 16.9 Å². The summed E-state index contributed by atoms with van der Waals surface area (Å²) in [6, 6.07) is 7.40. The molecular formula is C21H23ClFN3O3. The Balaban J connectivity index is 2.05. The summed E-state index contributed by atoms with van der Waals surface area (Å²) in [6.07, 6.45) is 0.746. The number of nitrogens with one attached hydrogen (secondary N) is 2. The first-order valence-electron chi connectivity index (χ1n) is 9.34. The average molecular weight is 420 g/mol. The molecule has 3 amide bonds. The maximum atomic E-state index is 14.0. The van der Waals surface area contributed by atoms with Crippen LogP contribution in [0, 0.1) is 5.82 Å². The van der Waals surface area contributed by atoms with Crippen LogP contribution in [0.4, 0.5) is 14.9 Å². The van der Waals surface area contributed by atoms with Gasteiger partial charge in [0.1, 0.15) is 17.4 Å². The van der Waals surface area contributed by atoms with Crippen molar-refractivity contribution in [3.63, 3.8) is 0 Å². The number of methoxy groups -OCH3 is 1. The Morgan fingerprint density at radius 2 is 2.00 bits per heavy atom. The first-order valence-corrected chi connectivity index (χ1v) is 9.88. The Labute approximate surface area is 174 Å². The number of imide groups is 1. The second-order valence-corrected chi connectivity index (χ2v) is 6.98. The summed E-state index contributed by atoms with van der Waals surface area (Å²) in [5.74, 6) is -0.637. The van der Waals surface area contributed by atoms with Crippen molar-refractivity contribution >= 4 is 29.2 Å². The van der Waals surface area contributed by atoms with Gasteiger partial charge in [0.25, 0.3) is 0 Å². The van der Waals surface area contributed by atoms with Crippen LogP contribution in [0.3, 0.4) is 0 Å². The molecular weight excluding hydrogens is 397 g/mol. The van der Waals surface area contributed by atoms with E-state index in [1.165, 1.54) is 12.1 Å². The first kappa shape index (κ1) is 21.1. The van der Waals surface area contributed by atoms with Crippen LogP contribution in [0.2, 0.25) is 0 Å². The molecule has 0 saturated carbocycles. The number of alkyl halides is 1. The van der Waals surface area contributed by atoms with Crippen molar-refractivity contribution in [2.45, 2.75) is 19.9 Å². The molecule has 0 unspecified atom stereocenters. The smallest absolute Gasteiger partial charge is 0.325 e. The number of benzene rings is 2. The van der Waals surface area contributed by atoms with Gasteiger partial charge in [-0.1, -0.05) is 13.0 Å². The maximum absolute atomic E-state index is 14.0. The van der Waals surface area contributed by atoms with E-state index in [0.29, 0.717) is 23.5 Å². The van der Waals surface area contributed by atoms with Gasteiger partial charge in [0, 0.05) is 24.3 Å². The van der Waals surface area contributed by atoms with E-state index in [9.17, 15) is 14.0 Å². The number of fused-ring (bicyclic) bond motifs is 1. The van der Waals surface area contributed by atoms with Gasteiger partial charge in [-0.3, -0.25) is 15.0 Å². The van der Waals surface area contributed by atoms with Crippen LogP contribution < -0.4 is 15.4 Å². The molecule has 29 heavy (non-hydrogen) atoms. The molecule has 2 N–H and O–H groups in total. The van der Waals surface area contributed by atoms with E-state index in [1.54, 1.807) is 19.2 Å². The molecule has 0 fully saturated rings. The molecule has 0 bridgehead atoms. The van der Waals surface area contributed by atoms with Crippen molar-refractivity contribution in [3.05, 3.63) is 47.3 Å². The minimum Gasteiger partial charge on any atom is -0.496 e. The molecule has 8 heteroatoms. The summed E-state index contributed by atoms with van der Waals surface area (Å²) < 4.78 is 19.4. The number of amides is 3. The monoisotopic (exact) mass is 419 g/mol. The molecule has 0 radical (unpaired) electrons. The lowest BCUT2D eigenvalue weighted by Gasteiger charge is -2.31. The summed E-state index contributed by atoms with van der Waals surface area (Å²) >= 11 is 5.44. The van der Waals surface area contributed by atoms with Gasteiger partial charge in [-0.25, -0.2) is 9.18 Å². The minimum atomic E-state index is -0.637. The van der Waals surface area contributed by atoms with Gasteiger partial charge in [-0.2, -0.15) is 0 Å². The van der Waals surface area contributed by atoms with Gasteiger partial charge in [0.15, 0.2) is 0 Å². The Morgan fingerprint density at radius 3 is 2.69 bits per heavy atom. The van der Waals surface area contributed by atoms with Crippen LogP contribution in [0.5, 0.6) is 5.75 Å². The number of anilines is 1. The lowest BCUT2D eigenvalue weighted by atomic mass is 9.89. The zero-order valence-corrected chi connectivity index (χ0v) is 17.1. The molecule has 1 aliphatic rings. The third-order valence-electron chi connectivity index (χ3n) is 5.01. The topological polar surface area (TPSA) is 70.7 Å². The van der Waals surface area contributed by atoms with Gasteiger partial charge >= 0.3 is 6.03 Å². The Kier molecular flexibility index (Phi) is 6.71. The molecule has 154 valence electrons. The summed E-state index contributed by atoms with van der Waals surface area (Å²) in [5.41, 5.74) is 4.12. The first-order chi connectivity index (χ1) is 14.0. The maximum Gasteiger partial charge on any atom is 0.325 e. The zero-order valence-electron chi connectivity index (χ0n) is 16.4. The van der Waals surface area contributed by atoms with Crippen LogP contribution >= 0.6 is 11.6 Å². The molecule has 2 aromatic rings. The number of hydrogen-bond donors (Lipinski definition) is 2. The van der Waals surface area contributed by atoms with E-state index in [1.807, 2.05) is 6.07 Å². The van der Waals surface area contributed by atoms with Crippen LogP contribution in [-0.2, 0) is 17.8 Å². The minimum absolute atomic E-state index is 0.298. The summed E-state index contributed by atoms with van der Waals surface area (Å²) in [4.78, 5) is 25.8.